The summed E-state index contributed by atoms with van der Waals surface area (Å²) in [6.07, 6.45) is 0. The molecule has 0 bridgehead atoms. The number of carbonyl (C=O) groups excluding carboxylic acids is 1. The van der Waals surface area contributed by atoms with Gasteiger partial charge in [-0.15, -0.1) is 0 Å². The van der Waals surface area contributed by atoms with E-state index >= 15 is 0 Å². The molecule has 1 fully saturated rings. The van der Waals surface area contributed by atoms with Crippen LogP contribution in [0.5, 0.6) is 0 Å². The smallest absolute Gasteiger partial charge is 0.315 e. The highest BCUT2D eigenvalue weighted by Crippen LogP contribution is 2.64. The van der Waals surface area contributed by atoms with Crippen molar-refractivity contribution >= 4 is 39.0 Å². The third-order valence-corrected chi connectivity index (χ3v) is 7.75. The van der Waals surface area contributed by atoms with E-state index < -0.39 is 32.4 Å². The molecular weight excluding hydrogens is 409 g/mol. The van der Waals surface area contributed by atoms with Gasteiger partial charge in [-0.3, -0.25) is 4.79 Å². The van der Waals surface area contributed by atoms with Crippen molar-refractivity contribution in [2.24, 2.45) is 11.1 Å². The van der Waals surface area contributed by atoms with Gasteiger partial charge < -0.3 is 10.5 Å². The number of sulfone groups is 1. The second-order valence-corrected chi connectivity index (χ2v) is 9.36. The molecule has 1 saturated carbocycles. The topological polar surface area (TPSA) is 86.5 Å². The molecule has 0 radical (unpaired) electrons. The molecule has 2 N–H and O–H groups in total. The SMILES string of the molecule is CCOC(=O)[C@]1(CN)[C@H](c2ccc(Cl)cc2)[C@H]1S(=O)(=O)c1ccc(Cl)cc1. The van der Waals surface area contributed by atoms with Gasteiger partial charge in [0.1, 0.15) is 5.41 Å². The Kier molecular flexibility index (Phi) is 5.54. The van der Waals surface area contributed by atoms with E-state index in [9.17, 15) is 13.2 Å². The Morgan fingerprint density at radius 1 is 1.07 bits per heavy atom. The summed E-state index contributed by atoms with van der Waals surface area (Å²) in [7, 11) is -3.85. The van der Waals surface area contributed by atoms with E-state index in [-0.39, 0.29) is 18.0 Å². The normalized spacial score (nSPS) is 24.4. The van der Waals surface area contributed by atoms with Gasteiger partial charge in [-0.2, -0.15) is 0 Å². The molecule has 8 heteroatoms. The second-order valence-electron chi connectivity index (χ2n) is 6.41. The van der Waals surface area contributed by atoms with E-state index in [0.29, 0.717) is 15.6 Å². The van der Waals surface area contributed by atoms with Crippen molar-refractivity contribution in [2.45, 2.75) is 23.0 Å². The van der Waals surface area contributed by atoms with Crippen molar-refractivity contribution in [3.05, 3.63) is 64.1 Å². The predicted molar refractivity (Wildman–Crippen MR) is 105 cm³/mol. The summed E-state index contributed by atoms with van der Waals surface area (Å²) >= 11 is 11.8. The average molecular weight is 428 g/mol. The van der Waals surface area contributed by atoms with Crippen LogP contribution in [0.1, 0.15) is 18.4 Å². The number of ether oxygens (including phenoxy) is 1. The lowest BCUT2D eigenvalue weighted by Crippen LogP contribution is -2.33. The van der Waals surface area contributed by atoms with Gasteiger partial charge in [0, 0.05) is 22.5 Å². The molecule has 0 unspecified atom stereocenters. The first-order valence-corrected chi connectivity index (χ1v) is 10.7. The molecule has 0 aliphatic heterocycles. The molecule has 2 aromatic rings. The van der Waals surface area contributed by atoms with Crippen molar-refractivity contribution in [3.63, 3.8) is 0 Å². The van der Waals surface area contributed by atoms with Gasteiger partial charge in [-0.25, -0.2) is 8.42 Å². The third-order valence-electron chi connectivity index (χ3n) is 4.96. The summed E-state index contributed by atoms with van der Waals surface area (Å²) in [4.78, 5) is 12.8. The summed E-state index contributed by atoms with van der Waals surface area (Å²) in [5.74, 6) is -1.21. The zero-order valence-corrected chi connectivity index (χ0v) is 16.9. The van der Waals surface area contributed by atoms with Crippen LogP contribution in [0.4, 0.5) is 0 Å². The Morgan fingerprint density at radius 2 is 1.59 bits per heavy atom. The summed E-state index contributed by atoms with van der Waals surface area (Å²) < 4.78 is 31.8. The molecule has 0 spiro atoms. The van der Waals surface area contributed by atoms with Crippen LogP contribution in [0.2, 0.25) is 10.0 Å². The van der Waals surface area contributed by atoms with Crippen molar-refractivity contribution in [3.8, 4) is 0 Å². The predicted octanol–water partition coefficient (Wildman–Crippen LogP) is 3.44. The van der Waals surface area contributed by atoms with Crippen LogP contribution in [0.3, 0.4) is 0 Å². The highest BCUT2D eigenvalue weighted by Gasteiger charge is 2.75. The minimum atomic E-state index is -3.85. The van der Waals surface area contributed by atoms with E-state index in [0.717, 1.165) is 0 Å². The molecule has 1 aliphatic carbocycles. The van der Waals surface area contributed by atoms with E-state index in [1.54, 1.807) is 31.2 Å². The molecule has 0 heterocycles. The van der Waals surface area contributed by atoms with E-state index in [4.69, 9.17) is 33.7 Å². The first-order chi connectivity index (χ1) is 12.8. The minimum Gasteiger partial charge on any atom is -0.465 e. The van der Waals surface area contributed by atoms with Crippen molar-refractivity contribution in [2.75, 3.05) is 13.2 Å². The Morgan fingerprint density at radius 3 is 2.07 bits per heavy atom. The summed E-state index contributed by atoms with van der Waals surface area (Å²) in [5, 5.41) is -0.0723. The Hall–Kier alpha value is -1.60. The lowest BCUT2D eigenvalue weighted by atomic mass is 9.99. The fraction of sp³-hybridized carbons (Fsp3) is 0.316. The van der Waals surface area contributed by atoms with Gasteiger partial charge in [0.15, 0.2) is 9.84 Å². The van der Waals surface area contributed by atoms with E-state index in [1.807, 2.05) is 0 Å². The number of hydrogen-bond acceptors (Lipinski definition) is 5. The number of rotatable bonds is 6. The van der Waals surface area contributed by atoms with Crippen LogP contribution < -0.4 is 5.73 Å². The highest BCUT2D eigenvalue weighted by molar-refractivity contribution is 7.92. The Bertz CT molecular complexity index is 945. The van der Waals surface area contributed by atoms with Crippen molar-refractivity contribution in [1.29, 1.82) is 0 Å². The fourth-order valence-corrected chi connectivity index (χ4v) is 6.24. The molecule has 5 nitrogen and oxygen atoms in total. The molecule has 3 rings (SSSR count). The zero-order chi connectivity index (χ0) is 19.8. The summed E-state index contributed by atoms with van der Waals surface area (Å²) in [6.45, 7) is 1.67. The monoisotopic (exact) mass is 427 g/mol. The fourth-order valence-electron chi connectivity index (χ4n) is 3.61. The number of hydrogen-bond donors (Lipinski definition) is 1. The minimum absolute atomic E-state index is 0.0930. The number of halogens is 2. The molecule has 0 amide bonds. The van der Waals surface area contributed by atoms with E-state index in [2.05, 4.69) is 0 Å². The van der Waals surface area contributed by atoms with Crippen LogP contribution in [-0.4, -0.2) is 32.8 Å². The maximum atomic E-state index is 13.3. The van der Waals surface area contributed by atoms with Crippen LogP contribution in [0.25, 0.3) is 0 Å². The third kappa shape index (κ3) is 3.36. The van der Waals surface area contributed by atoms with Gasteiger partial charge in [0.05, 0.1) is 16.8 Å². The van der Waals surface area contributed by atoms with Gasteiger partial charge in [0.2, 0.25) is 0 Å². The molecule has 2 aromatic carbocycles. The molecule has 0 aromatic heterocycles. The molecule has 27 heavy (non-hydrogen) atoms. The molecule has 1 aliphatic rings. The first kappa shape index (κ1) is 20.1. The molecule has 144 valence electrons. The van der Waals surface area contributed by atoms with E-state index in [1.165, 1.54) is 24.3 Å². The number of esters is 1. The number of carbonyl (C=O) groups is 1. The molecular formula is C19H19Cl2NO4S. The van der Waals surface area contributed by atoms with Crippen molar-refractivity contribution < 1.29 is 17.9 Å². The van der Waals surface area contributed by atoms with Crippen LogP contribution in [0, 0.1) is 5.41 Å². The van der Waals surface area contributed by atoms with Crippen LogP contribution in [0.15, 0.2) is 53.4 Å². The van der Waals surface area contributed by atoms with Gasteiger partial charge in [-0.05, 0) is 48.9 Å². The average Bonchev–Trinajstić information content (AvgIpc) is 3.34. The molecule has 3 atom stereocenters. The van der Waals surface area contributed by atoms with Crippen LogP contribution in [-0.2, 0) is 19.4 Å². The molecule has 0 saturated heterocycles. The first-order valence-electron chi connectivity index (χ1n) is 8.41. The zero-order valence-electron chi connectivity index (χ0n) is 14.6. The standard InChI is InChI=1S/C19H19Cl2NO4S/c1-2-26-18(23)19(11-22)16(12-3-5-13(20)6-4-12)17(19)27(24,25)15-9-7-14(21)8-10-15/h3-10,16-17H,2,11,22H2,1H3/t16-,17-,19-/m1/s1. The van der Waals surface area contributed by atoms with Crippen LogP contribution >= 0.6 is 23.2 Å². The van der Waals surface area contributed by atoms with Gasteiger partial charge in [-0.1, -0.05) is 35.3 Å². The maximum Gasteiger partial charge on any atom is 0.315 e. The lowest BCUT2D eigenvalue weighted by Gasteiger charge is -2.14. The second kappa shape index (κ2) is 7.43. The number of benzene rings is 2. The van der Waals surface area contributed by atoms with Gasteiger partial charge in [0.25, 0.3) is 0 Å². The highest BCUT2D eigenvalue weighted by atomic mass is 35.5. The lowest BCUT2D eigenvalue weighted by molar-refractivity contribution is -0.149. The Labute approximate surface area is 168 Å². The number of nitrogens with two attached hydrogens (primary N) is 1. The maximum absolute atomic E-state index is 13.3. The largest absolute Gasteiger partial charge is 0.465 e. The summed E-state index contributed by atoms with van der Waals surface area (Å²) in [5.41, 5.74) is 5.28. The quantitative estimate of drug-likeness (QED) is 0.713. The Balaban J connectivity index is 2.10. The van der Waals surface area contributed by atoms with Gasteiger partial charge >= 0.3 is 5.97 Å². The van der Waals surface area contributed by atoms with Crippen molar-refractivity contribution in [1.82, 2.24) is 0 Å². The summed E-state index contributed by atoms with van der Waals surface area (Å²) in [6, 6.07) is 12.6.